The zero-order valence-electron chi connectivity index (χ0n) is 26.3. The number of methoxy groups -OCH3 is 2. The third kappa shape index (κ3) is 7.16. The molecule has 0 aliphatic carbocycles. The molecule has 0 radical (unpaired) electrons. The van der Waals surface area contributed by atoms with E-state index in [-0.39, 0.29) is 25.0 Å². The first-order valence-electron chi connectivity index (χ1n) is 15.8. The van der Waals surface area contributed by atoms with Gasteiger partial charge < -0.3 is 39.1 Å². The van der Waals surface area contributed by atoms with Crippen molar-refractivity contribution in [2.45, 2.75) is 43.9 Å². The van der Waals surface area contributed by atoms with Crippen LogP contribution in [0.1, 0.15) is 41.6 Å². The molecule has 2 N–H and O–H groups in total. The van der Waals surface area contributed by atoms with Crippen molar-refractivity contribution >= 4 is 11.8 Å². The van der Waals surface area contributed by atoms with Gasteiger partial charge in [-0.25, -0.2) is 0 Å². The topological polar surface area (TPSA) is 117 Å². The number of nitrogens with zero attached hydrogens (tertiary/aromatic N) is 1. The van der Waals surface area contributed by atoms with Crippen molar-refractivity contribution in [1.82, 2.24) is 15.5 Å². The fourth-order valence-electron chi connectivity index (χ4n) is 6.24. The molecule has 0 unspecified atom stereocenters. The van der Waals surface area contributed by atoms with Crippen molar-refractivity contribution in [3.05, 3.63) is 71.8 Å². The van der Waals surface area contributed by atoms with Crippen molar-refractivity contribution in [3.8, 4) is 34.5 Å². The molecule has 0 atom stereocenters. The van der Waals surface area contributed by atoms with Gasteiger partial charge in [0.15, 0.2) is 17.1 Å². The maximum Gasteiger partial charge on any atom is 0.264 e. The number of nitrogens with one attached hydrogen (secondary N) is 2. The molecule has 0 saturated carbocycles. The van der Waals surface area contributed by atoms with E-state index in [1.165, 1.54) is 7.11 Å². The van der Waals surface area contributed by atoms with Gasteiger partial charge in [0.2, 0.25) is 0 Å². The van der Waals surface area contributed by atoms with Gasteiger partial charge in [-0.1, -0.05) is 0 Å². The van der Waals surface area contributed by atoms with Crippen molar-refractivity contribution < 1.29 is 38.0 Å². The Kier molecular flexibility index (Phi) is 9.79. The minimum atomic E-state index is -1.04. The number of ether oxygens (including phenoxy) is 6. The number of rotatable bonds is 3. The largest absolute Gasteiger partial charge is 0.496 e. The highest BCUT2D eigenvalue weighted by atomic mass is 16.5. The van der Waals surface area contributed by atoms with Gasteiger partial charge in [-0.2, -0.15) is 0 Å². The predicted molar refractivity (Wildman–Crippen MR) is 170 cm³/mol. The van der Waals surface area contributed by atoms with E-state index >= 15 is 0 Å². The number of hydrogen-bond acceptors (Lipinski definition) is 9. The summed E-state index contributed by atoms with van der Waals surface area (Å²) in [6.45, 7) is 3.86. The van der Waals surface area contributed by atoms with Gasteiger partial charge in [-0.05, 0) is 67.4 Å². The Morgan fingerprint density at radius 3 is 2.26 bits per heavy atom. The van der Waals surface area contributed by atoms with Crippen molar-refractivity contribution in [3.63, 3.8) is 0 Å². The molecule has 2 amide bonds. The number of benzene rings is 3. The first-order valence-corrected chi connectivity index (χ1v) is 15.8. The zero-order chi connectivity index (χ0) is 31.9. The zero-order valence-corrected chi connectivity index (χ0v) is 26.3. The fraction of sp³-hybridized carbons (Fsp3) is 0.429. The minimum Gasteiger partial charge on any atom is -0.496 e. The number of likely N-dealkylation sites (tertiary alicyclic amines) is 1. The lowest BCUT2D eigenvalue weighted by Gasteiger charge is -2.44. The Balaban J connectivity index is 1.27. The molecular formula is C35H41N3O8. The third-order valence-corrected chi connectivity index (χ3v) is 8.87. The van der Waals surface area contributed by atoms with Crippen molar-refractivity contribution in [1.29, 1.82) is 0 Å². The van der Waals surface area contributed by atoms with E-state index in [0.717, 1.165) is 44.7 Å². The minimum absolute atomic E-state index is 0.165. The smallest absolute Gasteiger partial charge is 0.264 e. The van der Waals surface area contributed by atoms with Crippen LogP contribution in [-0.2, 0) is 16.1 Å². The number of carbonyl (C=O) groups excluding carboxylic acids is 2. The molecule has 244 valence electrons. The molecule has 3 aromatic rings. The van der Waals surface area contributed by atoms with E-state index in [1.54, 1.807) is 37.4 Å². The number of carbonyl (C=O) groups is 2. The van der Waals surface area contributed by atoms with Crippen LogP contribution < -0.4 is 34.3 Å². The summed E-state index contributed by atoms with van der Waals surface area (Å²) in [5, 5.41) is 6.01. The van der Waals surface area contributed by atoms with Gasteiger partial charge in [-0.3, -0.25) is 14.5 Å². The van der Waals surface area contributed by atoms with E-state index in [1.807, 2.05) is 30.3 Å². The van der Waals surface area contributed by atoms with Crippen LogP contribution in [0.5, 0.6) is 34.5 Å². The van der Waals surface area contributed by atoms with E-state index in [4.69, 9.17) is 28.4 Å². The first kappa shape index (κ1) is 31.5. The highest BCUT2D eigenvalue weighted by molar-refractivity contribution is 5.95. The average Bonchev–Trinajstić information content (AvgIpc) is 3.10. The summed E-state index contributed by atoms with van der Waals surface area (Å²) in [6, 6.07) is 18.1. The summed E-state index contributed by atoms with van der Waals surface area (Å²) in [7, 11) is 3.11. The molecule has 1 spiro atoms. The van der Waals surface area contributed by atoms with Crippen LogP contribution >= 0.6 is 0 Å². The quantitative estimate of drug-likeness (QED) is 0.436. The molecule has 0 aromatic heterocycles. The number of hydrogen-bond donors (Lipinski definition) is 2. The van der Waals surface area contributed by atoms with Crippen LogP contribution in [0.25, 0.3) is 0 Å². The molecule has 6 bridgehead atoms. The second kappa shape index (κ2) is 14.3. The predicted octanol–water partition coefficient (Wildman–Crippen LogP) is 4.33. The second-order valence-corrected chi connectivity index (χ2v) is 11.7. The molecular weight excluding hydrogens is 590 g/mol. The maximum absolute atomic E-state index is 14.0. The molecule has 11 nitrogen and oxygen atoms in total. The number of amides is 2. The molecule has 46 heavy (non-hydrogen) atoms. The van der Waals surface area contributed by atoms with Crippen LogP contribution in [0.15, 0.2) is 60.7 Å². The Hall–Kier alpha value is -4.48. The normalized spacial score (nSPS) is 19.4. The Morgan fingerprint density at radius 2 is 1.52 bits per heavy atom. The van der Waals surface area contributed by atoms with Crippen LogP contribution in [0, 0.1) is 0 Å². The average molecular weight is 632 g/mol. The summed E-state index contributed by atoms with van der Waals surface area (Å²) < 4.78 is 35.3. The fourth-order valence-corrected chi connectivity index (χ4v) is 6.24. The summed E-state index contributed by atoms with van der Waals surface area (Å²) in [5.41, 5.74) is 0.156. The molecule has 6 aliphatic heterocycles. The highest BCUT2D eigenvalue weighted by Gasteiger charge is 2.45. The Labute approximate surface area is 269 Å². The van der Waals surface area contributed by atoms with Crippen molar-refractivity contribution in [2.24, 2.45) is 0 Å². The third-order valence-electron chi connectivity index (χ3n) is 8.87. The standard InChI is InChI=1S/C35H41N3O8/c1-41-30-10-4-24-21-32(30)45-29-5-3-25(31(22-29)42-2)23-37-34(40)35(13-16-38(17-14-35)26-11-18-43-19-12-26)46-28-8-6-27(7-9-28)44-20-15-36-33(24)39/h3-10,21-22,26H,11-20,23H2,1-2H3,(H,36,39)(H,37,40). The van der Waals surface area contributed by atoms with Gasteiger partial charge >= 0.3 is 0 Å². The van der Waals surface area contributed by atoms with E-state index in [9.17, 15) is 9.59 Å². The summed E-state index contributed by atoms with van der Waals surface area (Å²) in [6.07, 6.45) is 3.11. The number of piperidine rings is 1. The molecule has 9 rings (SSSR count). The molecule has 2 fully saturated rings. The SMILES string of the molecule is COc1cc2ccc1CNC(=O)C1(CCN(C3CCOCC3)CC1)Oc1ccc(cc1)OCCNC(=O)c1ccc(OC)c(c1)O2. The Morgan fingerprint density at radius 1 is 0.804 bits per heavy atom. The first-order chi connectivity index (χ1) is 22.5. The van der Waals surface area contributed by atoms with Crippen LogP contribution in [0.4, 0.5) is 0 Å². The van der Waals surface area contributed by atoms with Gasteiger partial charge in [0.25, 0.3) is 11.8 Å². The van der Waals surface area contributed by atoms with Gasteiger partial charge in [0.05, 0.1) is 20.8 Å². The molecule has 3 aromatic carbocycles. The van der Waals surface area contributed by atoms with Gasteiger partial charge in [0, 0.05) is 68.9 Å². The lowest BCUT2D eigenvalue weighted by Crippen LogP contribution is -2.58. The monoisotopic (exact) mass is 631 g/mol. The van der Waals surface area contributed by atoms with Crippen LogP contribution in [0.2, 0.25) is 0 Å². The molecule has 6 heterocycles. The lowest BCUT2D eigenvalue weighted by atomic mass is 9.88. The highest BCUT2D eigenvalue weighted by Crippen LogP contribution is 2.36. The summed E-state index contributed by atoms with van der Waals surface area (Å²) in [5.74, 6) is 2.68. The van der Waals surface area contributed by atoms with Crippen LogP contribution in [-0.4, -0.2) is 82.0 Å². The maximum atomic E-state index is 14.0. The summed E-state index contributed by atoms with van der Waals surface area (Å²) >= 11 is 0. The van der Waals surface area contributed by atoms with Crippen LogP contribution in [0.3, 0.4) is 0 Å². The van der Waals surface area contributed by atoms with Crippen molar-refractivity contribution in [2.75, 3.05) is 53.7 Å². The molecule has 11 heteroatoms. The summed E-state index contributed by atoms with van der Waals surface area (Å²) in [4.78, 5) is 29.4. The van der Waals surface area contributed by atoms with Gasteiger partial charge in [-0.15, -0.1) is 0 Å². The van der Waals surface area contributed by atoms with E-state index < -0.39 is 5.60 Å². The van der Waals surface area contributed by atoms with E-state index in [0.29, 0.717) is 65.5 Å². The molecule has 6 aliphatic rings. The van der Waals surface area contributed by atoms with E-state index in [2.05, 4.69) is 15.5 Å². The lowest BCUT2D eigenvalue weighted by molar-refractivity contribution is -0.142. The Bertz CT molecular complexity index is 1510. The van der Waals surface area contributed by atoms with Gasteiger partial charge in [0.1, 0.15) is 29.6 Å². The second-order valence-electron chi connectivity index (χ2n) is 11.7. The molecule has 2 saturated heterocycles.